The number of nitrogens with zero attached hydrogens (tertiary/aromatic N) is 1. The lowest BCUT2D eigenvalue weighted by molar-refractivity contribution is -0.887. The van der Waals surface area contributed by atoms with Crippen LogP contribution in [0.1, 0.15) is 25.7 Å². The van der Waals surface area contributed by atoms with Gasteiger partial charge in [0.15, 0.2) is 0 Å². The van der Waals surface area contributed by atoms with Gasteiger partial charge in [0.25, 0.3) is 0 Å². The van der Waals surface area contributed by atoms with Crippen LogP contribution in [0.5, 0.6) is 0 Å². The first-order valence-corrected chi connectivity index (χ1v) is 5.07. The van der Waals surface area contributed by atoms with Crippen molar-refractivity contribution in [2.45, 2.75) is 25.7 Å². The molecule has 0 saturated heterocycles. The highest BCUT2D eigenvalue weighted by Crippen LogP contribution is 2.26. The van der Waals surface area contributed by atoms with Gasteiger partial charge < -0.3 is 4.48 Å². The van der Waals surface area contributed by atoms with Crippen molar-refractivity contribution in [3.8, 4) is 0 Å². The van der Waals surface area contributed by atoms with E-state index in [0.29, 0.717) is 0 Å². The standard InChI is InChI=1S/C11H22N/c1-4-9-12(2,3)10-11-7-5-6-8-11/h4,11H,1,5-10H2,2-3H3/q+1. The van der Waals surface area contributed by atoms with Crippen LogP contribution in [0, 0.1) is 5.92 Å². The molecular weight excluding hydrogens is 146 g/mol. The summed E-state index contributed by atoms with van der Waals surface area (Å²) in [7, 11) is 4.61. The molecule has 0 aromatic heterocycles. The van der Waals surface area contributed by atoms with E-state index < -0.39 is 0 Å². The highest BCUT2D eigenvalue weighted by molar-refractivity contribution is 4.69. The zero-order valence-corrected chi connectivity index (χ0v) is 8.55. The van der Waals surface area contributed by atoms with E-state index in [0.717, 1.165) is 16.9 Å². The Labute approximate surface area is 76.7 Å². The van der Waals surface area contributed by atoms with E-state index in [-0.39, 0.29) is 0 Å². The van der Waals surface area contributed by atoms with Crippen LogP contribution < -0.4 is 0 Å². The maximum atomic E-state index is 3.80. The molecule has 0 unspecified atom stereocenters. The maximum Gasteiger partial charge on any atom is 0.0967 e. The number of rotatable bonds is 4. The summed E-state index contributed by atoms with van der Waals surface area (Å²) in [5, 5.41) is 0. The lowest BCUT2D eigenvalue weighted by atomic mass is 10.1. The smallest absolute Gasteiger partial charge is 0.0967 e. The molecule has 0 heterocycles. The molecule has 1 aliphatic carbocycles. The SMILES string of the molecule is C=CC[N+](C)(C)CC1CCCC1. The Morgan fingerprint density at radius 3 is 2.42 bits per heavy atom. The van der Waals surface area contributed by atoms with E-state index in [4.69, 9.17) is 0 Å². The van der Waals surface area contributed by atoms with Crippen LogP contribution in [0.3, 0.4) is 0 Å². The van der Waals surface area contributed by atoms with Gasteiger partial charge in [0.1, 0.15) is 0 Å². The van der Waals surface area contributed by atoms with E-state index in [2.05, 4.69) is 20.7 Å². The van der Waals surface area contributed by atoms with Crippen molar-refractivity contribution in [2.24, 2.45) is 5.92 Å². The van der Waals surface area contributed by atoms with Crippen LogP contribution in [0.15, 0.2) is 12.7 Å². The van der Waals surface area contributed by atoms with Gasteiger partial charge in [-0.25, -0.2) is 0 Å². The fourth-order valence-corrected chi connectivity index (χ4v) is 2.32. The largest absolute Gasteiger partial charge is 0.325 e. The minimum atomic E-state index is 0.986. The minimum absolute atomic E-state index is 0.986. The van der Waals surface area contributed by atoms with Crippen molar-refractivity contribution >= 4 is 0 Å². The van der Waals surface area contributed by atoms with E-state index in [1.807, 2.05) is 6.08 Å². The summed E-state index contributed by atoms with van der Waals surface area (Å²) in [5.41, 5.74) is 0. The van der Waals surface area contributed by atoms with Gasteiger partial charge in [-0.15, -0.1) is 0 Å². The summed E-state index contributed by atoms with van der Waals surface area (Å²) in [6.45, 7) is 6.25. The summed E-state index contributed by atoms with van der Waals surface area (Å²) >= 11 is 0. The Hall–Kier alpha value is -0.300. The summed E-state index contributed by atoms with van der Waals surface area (Å²) in [5.74, 6) is 0.986. The molecular formula is C11H22N+. The van der Waals surface area contributed by atoms with Crippen molar-refractivity contribution < 1.29 is 4.48 Å². The average molecular weight is 168 g/mol. The third kappa shape index (κ3) is 2.98. The molecule has 1 fully saturated rings. The first-order chi connectivity index (χ1) is 5.64. The Morgan fingerprint density at radius 1 is 1.33 bits per heavy atom. The van der Waals surface area contributed by atoms with Crippen molar-refractivity contribution in [2.75, 3.05) is 27.2 Å². The Morgan fingerprint density at radius 2 is 1.92 bits per heavy atom. The van der Waals surface area contributed by atoms with Gasteiger partial charge in [0.05, 0.1) is 27.2 Å². The molecule has 0 spiro atoms. The van der Waals surface area contributed by atoms with Gasteiger partial charge >= 0.3 is 0 Å². The summed E-state index contributed by atoms with van der Waals surface area (Å²) in [6.07, 6.45) is 7.87. The highest BCUT2D eigenvalue weighted by atomic mass is 15.3. The van der Waals surface area contributed by atoms with Gasteiger partial charge in [0, 0.05) is 5.92 Å². The fraction of sp³-hybridized carbons (Fsp3) is 0.818. The number of hydrogen-bond acceptors (Lipinski definition) is 0. The second kappa shape index (κ2) is 4.08. The summed E-state index contributed by atoms with van der Waals surface area (Å²) in [6, 6.07) is 0. The number of hydrogen-bond donors (Lipinski definition) is 0. The molecule has 70 valence electrons. The molecule has 0 N–H and O–H groups in total. The molecule has 1 heteroatoms. The van der Waals surface area contributed by atoms with Crippen LogP contribution in [-0.2, 0) is 0 Å². The normalized spacial score (nSPS) is 19.8. The van der Waals surface area contributed by atoms with E-state index in [9.17, 15) is 0 Å². The Bertz CT molecular complexity index is 143. The predicted octanol–water partition coefficient (Wildman–Crippen LogP) is 2.44. The van der Waals surface area contributed by atoms with Gasteiger partial charge in [0.2, 0.25) is 0 Å². The monoisotopic (exact) mass is 168 g/mol. The molecule has 0 amide bonds. The fourth-order valence-electron chi connectivity index (χ4n) is 2.32. The quantitative estimate of drug-likeness (QED) is 0.447. The number of likely N-dealkylation sites (N-methyl/N-ethyl adjacent to an activating group) is 1. The third-order valence-corrected chi connectivity index (χ3v) is 2.85. The summed E-state index contributed by atoms with van der Waals surface area (Å²) in [4.78, 5) is 0. The third-order valence-electron chi connectivity index (χ3n) is 2.85. The van der Waals surface area contributed by atoms with Crippen LogP contribution in [0.25, 0.3) is 0 Å². The van der Waals surface area contributed by atoms with Crippen LogP contribution in [-0.4, -0.2) is 31.7 Å². The minimum Gasteiger partial charge on any atom is -0.325 e. The summed E-state index contributed by atoms with van der Waals surface area (Å²) < 4.78 is 1.12. The maximum absolute atomic E-state index is 3.80. The van der Waals surface area contributed by atoms with Crippen molar-refractivity contribution in [3.63, 3.8) is 0 Å². The van der Waals surface area contributed by atoms with Gasteiger partial charge in [-0.2, -0.15) is 0 Å². The van der Waals surface area contributed by atoms with E-state index >= 15 is 0 Å². The van der Waals surface area contributed by atoms with E-state index in [1.165, 1.54) is 32.2 Å². The molecule has 0 atom stereocenters. The van der Waals surface area contributed by atoms with Gasteiger partial charge in [-0.1, -0.05) is 19.4 Å². The van der Waals surface area contributed by atoms with E-state index in [1.54, 1.807) is 0 Å². The molecule has 0 aromatic carbocycles. The zero-order chi connectivity index (χ0) is 9.03. The number of quaternary nitrogens is 1. The van der Waals surface area contributed by atoms with Crippen molar-refractivity contribution in [1.82, 2.24) is 0 Å². The van der Waals surface area contributed by atoms with Crippen LogP contribution in [0.2, 0.25) is 0 Å². The van der Waals surface area contributed by atoms with Crippen LogP contribution >= 0.6 is 0 Å². The molecule has 0 bridgehead atoms. The highest BCUT2D eigenvalue weighted by Gasteiger charge is 2.23. The molecule has 0 aliphatic heterocycles. The molecule has 0 radical (unpaired) electrons. The molecule has 1 rings (SSSR count). The molecule has 1 aliphatic rings. The molecule has 0 aromatic rings. The average Bonchev–Trinajstić information content (AvgIpc) is 2.38. The van der Waals surface area contributed by atoms with Crippen LogP contribution in [0.4, 0.5) is 0 Å². The lowest BCUT2D eigenvalue weighted by Gasteiger charge is -2.31. The second-order valence-corrected chi connectivity index (χ2v) is 4.74. The molecule has 12 heavy (non-hydrogen) atoms. The van der Waals surface area contributed by atoms with Gasteiger partial charge in [-0.05, 0) is 18.9 Å². The zero-order valence-electron chi connectivity index (χ0n) is 8.55. The van der Waals surface area contributed by atoms with Crippen molar-refractivity contribution in [1.29, 1.82) is 0 Å². The predicted molar refractivity (Wildman–Crippen MR) is 54.0 cm³/mol. The Kier molecular flexibility index (Phi) is 3.33. The van der Waals surface area contributed by atoms with Gasteiger partial charge in [-0.3, -0.25) is 0 Å². The lowest BCUT2D eigenvalue weighted by Crippen LogP contribution is -2.43. The first-order valence-electron chi connectivity index (χ1n) is 5.07. The molecule has 1 nitrogen and oxygen atoms in total. The topological polar surface area (TPSA) is 0 Å². The Balaban J connectivity index is 2.31. The van der Waals surface area contributed by atoms with Crippen molar-refractivity contribution in [3.05, 3.63) is 12.7 Å². The molecule has 1 saturated carbocycles. The first kappa shape index (κ1) is 9.79. The second-order valence-electron chi connectivity index (χ2n) is 4.74.